The molecule has 0 saturated heterocycles. The number of nitrogens with two attached hydrogens (primary N) is 1. The highest BCUT2D eigenvalue weighted by Gasteiger charge is 2.13. The second kappa shape index (κ2) is 6.04. The molecule has 0 aromatic heterocycles. The molecule has 0 spiro atoms. The topological polar surface area (TPSA) is 47.3 Å². The van der Waals surface area contributed by atoms with Gasteiger partial charge in [-0.05, 0) is 24.3 Å². The van der Waals surface area contributed by atoms with Gasteiger partial charge in [0.15, 0.2) is 11.6 Å². The molecule has 3 N–H and O–H groups in total. The summed E-state index contributed by atoms with van der Waals surface area (Å²) in [5.74, 6) is -1.50. The maximum Gasteiger partial charge on any atom is 0.387 e. The van der Waals surface area contributed by atoms with E-state index in [0.29, 0.717) is 5.69 Å². The lowest BCUT2D eigenvalue weighted by molar-refractivity contribution is -0.0521. The zero-order chi connectivity index (χ0) is 14.7. The van der Waals surface area contributed by atoms with Gasteiger partial charge in [0.05, 0.1) is 11.4 Å². The summed E-state index contributed by atoms with van der Waals surface area (Å²) in [4.78, 5) is 0. The van der Waals surface area contributed by atoms with Crippen LogP contribution in [0.15, 0.2) is 40.9 Å². The van der Waals surface area contributed by atoms with Gasteiger partial charge in [0.1, 0.15) is 0 Å². The average molecular weight is 347 g/mol. The largest absolute Gasteiger partial charge is 0.432 e. The van der Waals surface area contributed by atoms with Crippen molar-refractivity contribution in [3.05, 3.63) is 46.7 Å². The quantitative estimate of drug-likeness (QED) is 0.800. The second-order valence-corrected chi connectivity index (χ2v) is 4.80. The van der Waals surface area contributed by atoms with Crippen LogP contribution in [0.2, 0.25) is 0 Å². The average Bonchev–Trinajstić information content (AvgIpc) is 2.37. The van der Waals surface area contributed by atoms with Gasteiger partial charge < -0.3 is 15.8 Å². The molecule has 0 unspecified atom stereocenters. The Morgan fingerprint density at radius 2 is 1.80 bits per heavy atom. The molecule has 20 heavy (non-hydrogen) atoms. The maximum atomic E-state index is 13.4. The minimum absolute atomic E-state index is 0.0898. The SMILES string of the molecule is Nc1cc(F)c(OC(F)F)cc1Nc1ccc(Br)cc1. The summed E-state index contributed by atoms with van der Waals surface area (Å²) in [6.45, 7) is -3.10. The lowest BCUT2D eigenvalue weighted by Gasteiger charge is -2.13. The molecular formula is C13H10BrF3N2O. The maximum absolute atomic E-state index is 13.4. The molecule has 2 aromatic rings. The molecule has 0 radical (unpaired) electrons. The van der Waals surface area contributed by atoms with Gasteiger partial charge >= 0.3 is 6.61 Å². The van der Waals surface area contributed by atoms with Gasteiger partial charge in [-0.25, -0.2) is 4.39 Å². The van der Waals surface area contributed by atoms with E-state index >= 15 is 0 Å². The van der Waals surface area contributed by atoms with Gasteiger partial charge in [-0.1, -0.05) is 15.9 Å². The summed E-state index contributed by atoms with van der Waals surface area (Å²) >= 11 is 3.29. The predicted molar refractivity (Wildman–Crippen MR) is 74.9 cm³/mol. The first-order valence-electron chi connectivity index (χ1n) is 5.52. The van der Waals surface area contributed by atoms with Crippen LogP contribution in [-0.4, -0.2) is 6.61 Å². The van der Waals surface area contributed by atoms with E-state index in [-0.39, 0.29) is 11.4 Å². The van der Waals surface area contributed by atoms with E-state index in [1.165, 1.54) is 0 Å². The van der Waals surface area contributed by atoms with Gasteiger partial charge in [-0.2, -0.15) is 8.78 Å². The van der Waals surface area contributed by atoms with Crippen LogP contribution in [0.5, 0.6) is 5.75 Å². The van der Waals surface area contributed by atoms with Gasteiger partial charge in [0, 0.05) is 22.3 Å². The van der Waals surface area contributed by atoms with Crippen LogP contribution in [-0.2, 0) is 0 Å². The molecule has 0 aliphatic heterocycles. The standard InChI is InChI=1S/C13H10BrF3N2O/c14-7-1-3-8(4-2-7)19-11-6-12(20-13(16)17)9(15)5-10(11)18/h1-6,13,19H,18H2. The molecule has 3 nitrogen and oxygen atoms in total. The Morgan fingerprint density at radius 3 is 2.40 bits per heavy atom. The Kier molecular flexibility index (Phi) is 4.39. The number of ether oxygens (including phenoxy) is 1. The fourth-order valence-corrected chi connectivity index (χ4v) is 1.82. The number of halogens is 4. The van der Waals surface area contributed by atoms with Crippen molar-refractivity contribution in [2.24, 2.45) is 0 Å². The van der Waals surface area contributed by atoms with Crippen LogP contribution < -0.4 is 15.8 Å². The molecule has 0 saturated carbocycles. The van der Waals surface area contributed by atoms with Gasteiger partial charge in [-0.15, -0.1) is 0 Å². The highest BCUT2D eigenvalue weighted by Crippen LogP contribution is 2.31. The first kappa shape index (κ1) is 14.5. The smallest absolute Gasteiger partial charge is 0.387 e. The van der Waals surface area contributed by atoms with E-state index in [4.69, 9.17) is 5.73 Å². The van der Waals surface area contributed by atoms with E-state index in [1.807, 2.05) is 0 Å². The lowest BCUT2D eigenvalue weighted by atomic mass is 10.2. The number of rotatable bonds is 4. The van der Waals surface area contributed by atoms with Gasteiger partial charge in [-0.3, -0.25) is 0 Å². The van der Waals surface area contributed by atoms with Gasteiger partial charge in [0.25, 0.3) is 0 Å². The van der Waals surface area contributed by atoms with E-state index in [1.54, 1.807) is 24.3 Å². The first-order valence-corrected chi connectivity index (χ1v) is 6.31. The number of hydrogen-bond acceptors (Lipinski definition) is 3. The molecule has 0 bridgehead atoms. The molecule has 0 amide bonds. The van der Waals surface area contributed by atoms with Crippen molar-refractivity contribution in [2.45, 2.75) is 6.61 Å². The monoisotopic (exact) mass is 346 g/mol. The van der Waals surface area contributed by atoms with Crippen molar-refractivity contribution in [2.75, 3.05) is 11.1 Å². The van der Waals surface area contributed by atoms with Crippen LogP contribution in [0.25, 0.3) is 0 Å². The fraction of sp³-hybridized carbons (Fsp3) is 0.0769. The summed E-state index contributed by atoms with van der Waals surface area (Å²) in [7, 11) is 0. The number of hydrogen-bond donors (Lipinski definition) is 2. The minimum Gasteiger partial charge on any atom is -0.432 e. The highest BCUT2D eigenvalue weighted by atomic mass is 79.9. The van der Waals surface area contributed by atoms with E-state index < -0.39 is 18.2 Å². The molecule has 7 heteroatoms. The van der Waals surface area contributed by atoms with Crippen molar-refractivity contribution in [3.63, 3.8) is 0 Å². The molecular weight excluding hydrogens is 337 g/mol. The summed E-state index contributed by atoms with van der Waals surface area (Å²) < 4.78 is 42.7. The van der Waals surface area contributed by atoms with Gasteiger partial charge in [0.2, 0.25) is 0 Å². The van der Waals surface area contributed by atoms with Crippen molar-refractivity contribution in [1.82, 2.24) is 0 Å². The molecule has 0 fully saturated rings. The van der Waals surface area contributed by atoms with E-state index in [9.17, 15) is 13.2 Å². The number of nitrogen functional groups attached to an aromatic ring is 1. The minimum atomic E-state index is -3.10. The Morgan fingerprint density at radius 1 is 1.15 bits per heavy atom. The fourth-order valence-electron chi connectivity index (χ4n) is 1.55. The zero-order valence-electron chi connectivity index (χ0n) is 10.0. The Bertz CT molecular complexity index is 605. The third kappa shape index (κ3) is 3.57. The van der Waals surface area contributed by atoms with Crippen LogP contribution in [0, 0.1) is 5.82 Å². The highest BCUT2D eigenvalue weighted by molar-refractivity contribution is 9.10. The lowest BCUT2D eigenvalue weighted by Crippen LogP contribution is -2.05. The molecule has 2 aromatic carbocycles. The number of nitrogens with one attached hydrogen (secondary N) is 1. The summed E-state index contributed by atoms with van der Waals surface area (Å²) in [5.41, 5.74) is 6.69. The molecule has 2 rings (SSSR count). The molecule has 0 aliphatic carbocycles. The Labute approximate surface area is 121 Å². The zero-order valence-corrected chi connectivity index (χ0v) is 11.6. The van der Waals surface area contributed by atoms with Crippen molar-refractivity contribution in [3.8, 4) is 5.75 Å². The summed E-state index contributed by atoms with van der Waals surface area (Å²) in [5, 5.41) is 2.90. The number of anilines is 3. The van der Waals surface area contributed by atoms with Crippen molar-refractivity contribution in [1.29, 1.82) is 0 Å². The predicted octanol–water partition coefficient (Wildman–Crippen LogP) is 4.52. The Balaban J connectivity index is 2.28. The number of benzene rings is 2. The van der Waals surface area contributed by atoms with Crippen molar-refractivity contribution >= 4 is 33.0 Å². The Hall–Kier alpha value is -1.89. The van der Waals surface area contributed by atoms with E-state index in [0.717, 1.165) is 16.6 Å². The van der Waals surface area contributed by atoms with Crippen LogP contribution in [0.3, 0.4) is 0 Å². The van der Waals surface area contributed by atoms with Crippen LogP contribution in [0.4, 0.5) is 30.2 Å². The third-order valence-electron chi connectivity index (χ3n) is 2.44. The molecule has 106 valence electrons. The summed E-state index contributed by atoms with van der Waals surface area (Å²) in [6, 6.07) is 9.11. The molecule has 0 heterocycles. The molecule has 0 aliphatic rings. The number of alkyl halides is 2. The normalized spacial score (nSPS) is 10.7. The van der Waals surface area contributed by atoms with Crippen LogP contribution >= 0.6 is 15.9 Å². The van der Waals surface area contributed by atoms with Crippen LogP contribution in [0.1, 0.15) is 0 Å². The van der Waals surface area contributed by atoms with E-state index in [2.05, 4.69) is 26.0 Å². The summed E-state index contributed by atoms with van der Waals surface area (Å²) in [6.07, 6.45) is 0. The first-order chi connectivity index (χ1) is 9.45. The third-order valence-corrected chi connectivity index (χ3v) is 2.97. The van der Waals surface area contributed by atoms with Crippen molar-refractivity contribution < 1.29 is 17.9 Å². The molecule has 0 atom stereocenters. The second-order valence-electron chi connectivity index (χ2n) is 3.88.